The van der Waals surface area contributed by atoms with Crippen molar-refractivity contribution in [3.8, 4) is 5.75 Å². The molecular formula is C77H121N27O19S4. The molecule has 1 aromatic heterocycles. The molecule has 46 nitrogen and oxygen atoms in total. The molecular weight excluding hydrogens is 1740 g/mol. The first-order valence-corrected chi connectivity index (χ1v) is 45.9. The van der Waals surface area contributed by atoms with E-state index in [1.54, 1.807) is 56.7 Å². The number of phenols is 1. The fourth-order valence-corrected chi connectivity index (χ4v) is 15.4. The number of nitrogens with one attached hydrogen (secondary N) is 15. The lowest BCUT2D eigenvalue weighted by Gasteiger charge is -2.28. The van der Waals surface area contributed by atoms with Gasteiger partial charge in [0.2, 0.25) is 88.6 Å². The number of aromatic hydroxyl groups is 1. The van der Waals surface area contributed by atoms with Crippen molar-refractivity contribution in [1.29, 1.82) is 0 Å². The first kappa shape index (κ1) is 107. The number of H-pyrrole nitrogens is 1. The maximum absolute atomic E-state index is 15.2. The number of amides is 15. The highest BCUT2D eigenvalue weighted by Crippen LogP contribution is 2.25. The Kier molecular flexibility index (Phi) is 48.8. The van der Waals surface area contributed by atoms with Crippen molar-refractivity contribution in [3.63, 3.8) is 0 Å². The van der Waals surface area contributed by atoms with Gasteiger partial charge in [-0.3, -0.25) is 91.7 Å². The van der Waals surface area contributed by atoms with Crippen LogP contribution in [-0.4, -0.2) is 291 Å². The molecule has 0 radical (unpaired) electrons. The number of aliphatic imine (C=N–C) groups is 3. The second-order valence-electron chi connectivity index (χ2n) is 29.6. The van der Waals surface area contributed by atoms with Gasteiger partial charge in [-0.1, -0.05) is 84.3 Å². The molecule has 0 unspecified atom stereocenters. The van der Waals surface area contributed by atoms with Crippen LogP contribution in [0.5, 0.6) is 5.75 Å². The van der Waals surface area contributed by atoms with Crippen LogP contribution in [0.4, 0.5) is 0 Å². The van der Waals surface area contributed by atoms with Crippen molar-refractivity contribution in [3.05, 3.63) is 83.9 Å². The molecule has 0 saturated carbocycles. The van der Waals surface area contributed by atoms with E-state index in [0.717, 1.165) is 21.6 Å². The van der Waals surface area contributed by atoms with Gasteiger partial charge in [0.15, 0.2) is 17.9 Å². The largest absolute Gasteiger partial charge is 0.508 e. The molecule has 702 valence electrons. The van der Waals surface area contributed by atoms with Crippen LogP contribution in [0.25, 0.3) is 0 Å². The molecule has 0 spiro atoms. The number of rotatable bonds is 37. The fraction of sp³-hybridized carbons (Fsp3) is 0.558. The van der Waals surface area contributed by atoms with Crippen molar-refractivity contribution in [2.24, 2.45) is 66.8 Å². The van der Waals surface area contributed by atoms with Crippen LogP contribution in [0.3, 0.4) is 0 Å². The second kappa shape index (κ2) is 57.7. The molecule has 4 rings (SSSR count). The number of phenolic OH excluding ortho intramolecular Hbond substituents is 1. The number of hydrogen-bond acceptors (Lipinski definition) is 27. The van der Waals surface area contributed by atoms with Crippen LogP contribution in [0.15, 0.2) is 82.1 Å². The predicted octanol–water partition coefficient (Wildman–Crippen LogP) is -7.64. The van der Waals surface area contributed by atoms with E-state index < -0.39 is 216 Å². The Morgan fingerprint density at radius 2 is 1.07 bits per heavy atom. The van der Waals surface area contributed by atoms with E-state index in [4.69, 9.17) is 45.9 Å². The van der Waals surface area contributed by atoms with Gasteiger partial charge >= 0.3 is 5.97 Å². The van der Waals surface area contributed by atoms with Crippen LogP contribution in [0.1, 0.15) is 108 Å². The Balaban J connectivity index is 1.99. The van der Waals surface area contributed by atoms with Gasteiger partial charge in [0, 0.05) is 56.6 Å². The molecule has 1 aliphatic heterocycles. The number of carboxylic acid groups (broad SMARTS) is 1. The lowest BCUT2D eigenvalue weighted by Crippen LogP contribution is -2.61. The summed E-state index contributed by atoms with van der Waals surface area (Å²) in [6.45, 7) is 2.44. The third-order valence-electron chi connectivity index (χ3n) is 19.3. The Morgan fingerprint density at radius 1 is 0.559 bits per heavy atom. The number of imidazole rings is 1. The number of guanidine groups is 3. The van der Waals surface area contributed by atoms with Crippen molar-refractivity contribution < 1.29 is 92.0 Å². The standard InChI is InChI=1S/C77H121N27O19S4/c1-6-40(2)29-51-68(117)102-56(36-105)72(121)104-58(74(123)99-53(31-43-18-20-45(106)21-19-43)69(118)94-47(61(79)110)15-10-24-87-75(80)81)38-127-126-37-57(103-63(112)46(78)22-27-124-4)73(122)100-54(32-44-34-86-39-91-44)70(119)98-52(30-42-13-8-7-9-14-42)67(116)92-41(3)62(111)90-35-59(107)93-48(16-11-25-88-76(82)83)64(113)96-50(23-28-125-5)66(115)101-55(33-60(108)109)71(120)95-49(65(114)97-51)17-12-26-89-77(84)85/h7-9,13-14,18-21,34,39-41,46-58,105-106H,6,10-12,15-17,22-33,35-38,78H2,1-5H3,(H2,79,110)(H,86,91)(H,90,111)(H,92,116)(H,93,107)(H,94,118)(H,95,120)(H,96,113)(H,97,114)(H,98,119)(H,99,123)(H,100,122)(H,101,115)(H,102,117)(H,103,112)(H,104,121)(H,108,109)(H4,80,81,87)(H4,82,83,88)(H4,84,85,89)/t40-,41+,46-,47-,48-,49+,50+,51-,52+,53-,54-,55-,56+,57-,58+/m0/s1. The quantitative estimate of drug-likeness (QED) is 0.0110. The lowest BCUT2D eigenvalue weighted by molar-refractivity contribution is -0.141. The molecule has 15 amide bonds. The number of benzene rings is 2. The van der Waals surface area contributed by atoms with Crippen molar-refractivity contribution >= 4 is 158 Å². The number of aliphatic hydroxyl groups is 1. The number of hydrogen-bond donors (Lipinski definition) is 26. The maximum Gasteiger partial charge on any atom is 0.305 e. The van der Waals surface area contributed by atoms with E-state index in [9.17, 15) is 82.4 Å². The third kappa shape index (κ3) is 41.4. The van der Waals surface area contributed by atoms with Gasteiger partial charge in [-0.25, -0.2) is 4.98 Å². The van der Waals surface area contributed by atoms with Crippen LogP contribution in [0, 0.1) is 5.92 Å². The highest BCUT2D eigenvalue weighted by Gasteiger charge is 2.39. The lowest BCUT2D eigenvalue weighted by atomic mass is 9.97. The molecule has 3 aromatic rings. The minimum Gasteiger partial charge on any atom is -0.508 e. The van der Waals surface area contributed by atoms with E-state index in [0.29, 0.717) is 23.3 Å². The number of nitrogens with two attached hydrogens (primary N) is 8. The Morgan fingerprint density at radius 3 is 1.64 bits per heavy atom. The maximum atomic E-state index is 15.2. The predicted molar refractivity (Wildman–Crippen MR) is 479 cm³/mol. The number of aliphatic carboxylic acids is 1. The van der Waals surface area contributed by atoms with Gasteiger partial charge in [-0.05, 0) is 118 Å². The minimum atomic E-state index is -2.02. The number of nitrogens with zero attached hydrogens (tertiary/aromatic N) is 4. The summed E-state index contributed by atoms with van der Waals surface area (Å²) < 4.78 is 0. The summed E-state index contributed by atoms with van der Waals surface area (Å²) in [7, 11) is 1.60. The van der Waals surface area contributed by atoms with E-state index in [2.05, 4.69) is 99.4 Å². The summed E-state index contributed by atoms with van der Waals surface area (Å²) in [5.74, 6) is -19.4. The zero-order valence-corrected chi connectivity index (χ0v) is 74.5. The SMILES string of the molecule is CC[C@H](C)C[C@@H]1NC(=O)[C@@H](CCCN=C(N)N)NC(=O)[C@H](CC(=O)O)NC(=O)[C@@H](CCSC)NC(=O)[C@H](CCCN=C(N)N)NC(=O)CNC(=O)[C@@H](C)NC(=O)[C@@H](Cc2ccccc2)NC(=O)[C@H](Cc2c[nH]cn2)NC(=O)[C@@H](NC(=O)[C@@H](N)CCSC)CSSC[C@H](C(=O)N[C@@H](Cc2ccc(O)cc2)C(=O)N[C@@H](CCCN=C(N)N)C(N)=O)NC(=O)[C@@H](CO)NC1=O. The van der Waals surface area contributed by atoms with Crippen LogP contribution < -0.4 is 120 Å². The molecule has 1 saturated heterocycles. The van der Waals surface area contributed by atoms with E-state index in [1.165, 1.54) is 67.2 Å². The van der Waals surface area contributed by atoms with Gasteiger partial charge in [0.1, 0.15) is 84.3 Å². The number of carbonyl (C=O) groups excluding carboxylic acids is 15. The Labute approximate surface area is 750 Å². The first-order chi connectivity index (χ1) is 60.3. The third-order valence-corrected chi connectivity index (χ3v) is 23.0. The van der Waals surface area contributed by atoms with E-state index in [1.807, 2.05) is 0 Å². The number of carboxylic acids is 1. The molecule has 34 N–H and O–H groups in total. The number of aromatic amines is 1. The molecule has 2 aromatic carbocycles. The van der Waals surface area contributed by atoms with E-state index in [-0.39, 0.29) is 132 Å². The average molecular weight is 1860 g/mol. The molecule has 15 atom stereocenters. The summed E-state index contributed by atoms with van der Waals surface area (Å²) in [4.78, 5) is 249. The van der Waals surface area contributed by atoms with Crippen LogP contribution >= 0.6 is 45.1 Å². The summed E-state index contributed by atoms with van der Waals surface area (Å²) in [5, 5.41) is 66.9. The summed E-state index contributed by atoms with van der Waals surface area (Å²) in [6, 6.07) is -9.15. The minimum absolute atomic E-state index is 0.0113. The molecule has 2 heterocycles. The zero-order valence-electron chi connectivity index (χ0n) is 71.2. The summed E-state index contributed by atoms with van der Waals surface area (Å²) in [6.07, 6.45) is 3.57. The number of primary amides is 1. The van der Waals surface area contributed by atoms with Gasteiger partial charge < -0.3 is 141 Å². The molecule has 1 aliphatic rings. The molecule has 0 aliphatic carbocycles. The number of thioether (sulfide) groups is 2. The van der Waals surface area contributed by atoms with Gasteiger partial charge in [0.05, 0.1) is 37.6 Å². The van der Waals surface area contributed by atoms with Gasteiger partial charge in [-0.2, -0.15) is 23.5 Å². The summed E-state index contributed by atoms with van der Waals surface area (Å²) >= 11 is 2.59. The molecule has 1 fully saturated rings. The highest BCUT2D eigenvalue weighted by atomic mass is 33.1. The van der Waals surface area contributed by atoms with Crippen molar-refractivity contribution in [2.45, 2.75) is 195 Å². The van der Waals surface area contributed by atoms with Crippen molar-refractivity contribution in [2.75, 3.05) is 68.3 Å². The fourth-order valence-electron chi connectivity index (χ4n) is 12.1. The number of aliphatic hydroxyl groups excluding tert-OH is 1. The summed E-state index contributed by atoms with van der Waals surface area (Å²) in [5.41, 5.74) is 46.5. The second-order valence-corrected chi connectivity index (χ2v) is 34.1. The van der Waals surface area contributed by atoms with Crippen LogP contribution in [-0.2, 0) is 96.0 Å². The topological polar surface area (TPSA) is 776 Å². The smallest absolute Gasteiger partial charge is 0.305 e. The average Bonchev–Trinajstić information content (AvgIpc) is 1.65. The molecule has 127 heavy (non-hydrogen) atoms. The Bertz CT molecular complexity index is 4230. The molecule has 50 heteroatoms. The number of aromatic nitrogens is 2. The Hall–Kier alpha value is -11.9. The zero-order chi connectivity index (χ0) is 94.2. The van der Waals surface area contributed by atoms with Gasteiger partial charge in [-0.15, -0.1) is 0 Å². The van der Waals surface area contributed by atoms with Crippen LogP contribution in [0.2, 0.25) is 0 Å². The van der Waals surface area contributed by atoms with E-state index >= 15 is 9.59 Å². The monoisotopic (exact) mass is 1860 g/mol. The van der Waals surface area contributed by atoms with Gasteiger partial charge in [0.25, 0.3) is 0 Å². The first-order valence-electron chi connectivity index (χ1n) is 40.6. The van der Waals surface area contributed by atoms with Crippen molar-refractivity contribution in [1.82, 2.24) is 84.4 Å². The normalized spacial score (nSPS) is 22.0. The highest BCUT2D eigenvalue weighted by molar-refractivity contribution is 8.76. The number of carbonyl (C=O) groups is 16. The molecule has 0 bridgehead atoms.